The van der Waals surface area contributed by atoms with Crippen molar-refractivity contribution in [1.82, 2.24) is 4.48 Å². The van der Waals surface area contributed by atoms with E-state index in [-0.39, 0.29) is 44.9 Å². The third kappa shape index (κ3) is 10.6. The molecule has 1 aliphatic heterocycles. The Bertz CT molecular complexity index is 2960. The quantitative estimate of drug-likeness (QED) is 0.0805. The van der Waals surface area contributed by atoms with Gasteiger partial charge in [-0.1, -0.05) is 174 Å². The van der Waals surface area contributed by atoms with E-state index in [1.165, 1.54) is 18.2 Å². The largest absolute Gasteiger partial charge is 0.598 e. The molecule has 6 aromatic rings. The number of fused-ring (bicyclic) bond motifs is 1. The van der Waals surface area contributed by atoms with Crippen molar-refractivity contribution in [3.8, 4) is 22.4 Å². The van der Waals surface area contributed by atoms with Crippen LogP contribution in [0.1, 0.15) is 86.2 Å². The van der Waals surface area contributed by atoms with Gasteiger partial charge in [0.25, 0.3) is 0 Å². The summed E-state index contributed by atoms with van der Waals surface area (Å²) in [5.74, 6) is -26.2. The molecule has 0 spiro atoms. The SMILES string of the molecule is Cc1ccc(C2=N/C(=C(/c3ccccc3)c3c(-c4ccc(C(C)(C)C)cc4)cc(-c4ccc(C(C)(C)C)cc4)n3B(OCC(F)(F)C(F)(F)C(F)(F)F)OCC(F)(F)C(F)(F)C(F)(F)F)c3ccccc32)cc1. The average Bonchev–Trinajstić information content (AvgIpc) is 3.88. The molecule has 0 aliphatic carbocycles. The second-order valence-corrected chi connectivity index (χ2v) is 19.8. The van der Waals surface area contributed by atoms with Gasteiger partial charge < -0.3 is 13.8 Å². The van der Waals surface area contributed by atoms with Crippen LogP contribution < -0.4 is 0 Å². The standard InChI is InChI=1S/C54H47BF14N2O2/c1-32-17-19-36(20-18-32)44-39-15-11-12-16-40(39)45(70-44)43(35-13-9-8-10-14-35)46-41(33-21-25-37(26-22-33)47(2,3)4)29-42(34-23-27-38(28-24-34)48(5,6)7)71(46)55(72-30-49(56,57)51(60,61)53(64,65)66)73-31-50(58,59)52(62,63)54(67,68)69/h8-29H,30-31H2,1-7H3/b45-43-. The Morgan fingerprint density at radius 3 is 1.37 bits per heavy atom. The zero-order valence-corrected chi connectivity index (χ0v) is 40.2. The first-order valence-corrected chi connectivity index (χ1v) is 22.6. The average molecular weight is 1030 g/mol. The number of aromatic nitrogens is 1. The number of hydrogen-bond acceptors (Lipinski definition) is 3. The number of halogens is 14. The van der Waals surface area contributed by atoms with Crippen LogP contribution in [-0.2, 0) is 20.1 Å². The molecule has 19 heteroatoms. The Labute approximate surface area is 412 Å². The van der Waals surface area contributed by atoms with Gasteiger partial charge in [-0.05, 0) is 51.6 Å². The van der Waals surface area contributed by atoms with Crippen LogP contribution in [0.3, 0.4) is 0 Å². The molecule has 5 aromatic carbocycles. The van der Waals surface area contributed by atoms with Gasteiger partial charge in [-0.25, -0.2) is 4.99 Å². The van der Waals surface area contributed by atoms with Gasteiger partial charge in [0.2, 0.25) is 0 Å². The molecule has 0 saturated carbocycles. The highest BCUT2D eigenvalue weighted by molar-refractivity contribution is 6.44. The third-order valence-electron chi connectivity index (χ3n) is 12.3. The van der Waals surface area contributed by atoms with Crippen molar-refractivity contribution in [2.24, 2.45) is 4.99 Å². The minimum atomic E-state index is -6.93. The van der Waals surface area contributed by atoms with Crippen LogP contribution in [0.5, 0.6) is 0 Å². The Morgan fingerprint density at radius 2 is 0.918 bits per heavy atom. The minimum Gasteiger partial charge on any atom is -0.385 e. The first-order valence-electron chi connectivity index (χ1n) is 22.6. The second-order valence-electron chi connectivity index (χ2n) is 19.8. The summed E-state index contributed by atoms with van der Waals surface area (Å²) in [6.07, 6.45) is -13.9. The summed E-state index contributed by atoms with van der Waals surface area (Å²) in [5.41, 5.74) is 3.41. The van der Waals surface area contributed by atoms with Gasteiger partial charge >= 0.3 is 43.3 Å². The van der Waals surface area contributed by atoms with Crippen LogP contribution in [0.25, 0.3) is 33.7 Å². The maximum atomic E-state index is 15.4. The fourth-order valence-corrected chi connectivity index (χ4v) is 8.12. The van der Waals surface area contributed by atoms with E-state index in [1.807, 2.05) is 60.6 Å². The van der Waals surface area contributed by atoms with E-state index in [1.54, 1.807) is 103 Å². The minimum absolute atomic E-state index is 0.0143. The van der Waals surface area contributed by atoms with Gasteiger partial charge in [0.1, 0.15) is 13.2 Å². The summed E-state index contributed by atoms with van der Waals surface area (Å²) >= 11 is 0. The number of aliphatic imine (C=N–C) groups is 1. The highest BCUT2D eigenvalue weighted by Crippen LogP contribution is 2.50. The summed E-state index contributed by atoms with van der Waals surface area (Å²) < 4.78 is 213. The van der Waals surface area contributed by atoms with Crippen LogP contribution in [-0.4, -0.2) is 66.7 Å². The smallest absolute Gasteiger partial charge is 0.385 e. The fraction of sp³-hybridized carbons (Fsp3) is 0.315. The molecule has 0 fully saturated rings. The number of hydrogen-bond donors (Lipinski definition) is 0. The summed E-state index contributed by atoms with van der Waals surface area (Å²) in [4.78, 5) is 5.11. The highest BCUT2D eigenvalue weighted by atomic mass is 19.4. The third-order valence-corrected chi connectivity index (χ3v) is 12.3. The molecule has 386 valence electrons. The second kappa shape index (κ2) is 19.2. The normalized spacial score (nSPS) is 14.8. The molecule has 0 radical (unpaired) electrons. The molecule has 1 aliphatic rings. The maximum absolute atomic E-state index is 15.4. The Balaban J connectivity index is 1.66. The van der Waals surface area contributed by atoms with E-state index in [0.717, 1.165) is 11.1 Å². The summed E-state index contributed by atoms with van der Waals surface area (Å²) in [5, 5.41) is 0. The molecule has 0 saturated heterocycles. The topological polar surface area (TPSA) is 35.8 Å². The molecule has 0 amide bonds. The zero-order valence-electron chi connectivity index (χ0n) is 40.2. The van der Waals surface area contributed by atoms with Crippen molar-refractivity contribution in [3.63, 3.8) is 0 Å². The molecular weight excluding hydrogens is 985 g/mol. The first-order chi connectivity index (χ1) is 33.7. The maximum Gasteiger partial charge on any atom is 0.598 e. The summed E-state index contributed by atoms with van der Waals surface area (Å²) in [6, 6.07) is 36.1. The van der Waals surface area contributed by atoms with Crippen molar-refractivity contribution in [2.75, 3.05) is 13.2 Å². The van der Waals surface area contributed by atoms with Gasteiger partial charge in [-0.15, -0.1) is 0 Å². The van der Waals surface area contributed by atoms with Gasteiger partial charge in [0.15, 0.2) is 0 Å². The molecule has 0 unspecified atom stereocenters. The molecule has 0 atom stereocenters. The van der Waals surface area contributed by atoms with Crippen molar-refractivity contribution in [1.29, 1.82) is 0 Å². The predicted molar refractivity (Wildman–Crippen MR) is 253 cm³/mol. The Morgan fingerprint density at radius 1 is 0.493 bits per heavy atom. The number of alkyl halides is 14. The van der Waals surface area contributed by atoms with Crippen molar-refractivity contribution in [2.45, 2.75) is 95.3 Å². The van der Waals surface area contributed by atoms with Gasteiger partial charge in [0.05, 0.1) is 17.1 Å². The Hall–Kier alpha value is -6.21. The molecule has 0 bridgehead atoms. The lowest BCUT2D eigenvalue weighted by Crippen LogP contribution is -2.57. The van der Waals surface area contributed by atoms with E-state index >= 15 is 17.6 Å². The van der Waals surface area contributed by atoms with Crippen LogP contribution in [0.15, 0.2) is 138 Å². The lowest BCUT2D eigenvalue weighted by molar-refractivity contribution is -0.360. The van der Waals surface area contributed by atoms with Gasteiger partial charge in [0, 0.05) is 33.5 Å². The molecule has 7 rings (SSSR count). The number of nitrogens with zero attached hydrogens (tertiary/aromatic N) is 2. The van der Waals surface area contributed by atoms with E-state index in [2.05, 4.69) is 0 Å². The zero-order chi connectivity index (χ0) is 53.9. The molecular formula is C54H47BF14N2O2. The molecule has 73 heavy (non-hydrogen) atoms. The van der Waals surface area contributed by atoms with E-state index < -0.39 is 67.3 Å². The lowest BCUT2D eigenvalue weighted by atomic mass is 9.85. The lowest BCUT2D eigenvalue weighted by Gasteiger charge is -2.31. The Kier molecular flexibility index (Phi) is 14.4. The van der Waals surface area contributed by atoms with E-state index in [4.69, 9.17) is 14.3 Å². The first kappa shape index (κ1) is 54.6. The van der Waals surface area contributed by atoms with Gasteiger partial charge in [-0.3, -0.25) is 0 Å². The number of rotatable bonds is 14. The van der Waals surface area contributed by atoms with E-state index in [0.29, 0.717) is 32.4 Å². The van der Waals surface area contributed by atoms with Crippen LogP contribution >= 0.6 is 0 Å². The fourth-order valence-electron chi connectivity index (χ4n) is 8.12. The molecule has 1 aromatic heterocycles. The van der Waals surface area contributed by atoms with Crippen LogP contribution in [0.2, 0.25) is 0 Å². The number of benzene rings is 5. The predicted octanol–water partition coefficient (Wildman–Crippen LogP) is 16.0. The number of aryl methyl sites for hydroxylation is 1. The molecule has 0 N–H and O–H groups in total. The van der Waals surface area contributed by atoms with E-state index in [9.17, 15) is 43.9 Å². The van der Waals surface area contributed by atoms with Crippen molar-refractivity contribution < 1.29 is 70.8 Å². The molecule has 4 nitrogen and oxygen atoms in total. The summed E-state index contributed by atoms with van der Waals surface area (Å²) in [6.45, 7) is 7.16. The van der Waals surface area contributed by atoms with Crippen molar-refractivity contribution >= 4 is 24.2 Å². The van der Waals surface area contributed by atoms with Crippen LogP contribution in [0, 0.1) is 6.92 Å². The highest BCUT2D eigenvalue weighted by Gasteiger charge is 2.74. The van der Waals surface area contributed by atoms with Crippen molar-refractivity contribution in [3.05, 3.63) is 178 Å². The van der Waals surface area contributed by atoms with Crippen LogP contribution in [0.4, 0.5) is 61.5 Å². The monoisotopic (exact) mass is 1030 g/mol. The summed E-state index contributed by atoms with van der Waals surface area (Å²) in [7, 11) is -3.21. The molecule has 2 heterocycles. The van der Waals surface area contributed by atoms with Gasteiger partial charge in [-0.2, -0.15) is 61.5 Å².